The summed E-state index contributed by atoms with van der Waals surface area (Å²) in [4.78, 5) is 26.6. The van der Waals surface area contributed by atoms with Crippen LogP contribution in [0.15, 0.2) is 29.3 Å². The molecule has 1 aromatic carbocycles. The zero-order valence-electron chi connectivity index (χ0n) is 15.7. The highest BCUT2D eigenvalue weighted by atomic mass is 32.2. The summed E-state index contributed by atoms with van der Waals surface area (Å²) in [6.45, 7) is 6.95. The van der Waals surface area contributed by atoms with Gasteiger partial charge in [0, 0.05) is 30.0 Å². The van der Waals surface area contributed by atoms with Gasteiger partial charge in [-0.15, -0.1) is 0 Å². The summed E-state index contributed by atoms with van der Waals surface area (Å²) in [5.74, 6) is 1.32. The highest BCUT2D eigenvalue weighted by Gasteiger charge is 2.13. The zero-order valence-corrected chi connectivity index (χ0v) is 16.5. The van der Waals surface area contributed by atoms with E-state index in [0.717, 1.165) is 11.3 Å². The van der Waals surface area contributed by atoms with Gasteiger partial charge in [-0.25, -0.2) is 4.99 Å². The minimum absolute atomic E-state index is 0.0491. The molecule has 8 nitrogen and oxygen atoms in total. The summed E-state index contributed by atoms with van der Waals surface area (Å²) in [7, 11) is 0. The lowest BCUT2D eigenvalue weighted by Crippen LogP contribution is -2.48. The van der Waals surface area contributed by atoms with Gasteiger partial charge in [-0.05, 0) is 32.6 Å². The maximum absolute atomic E-state index is 11.9. The Morgan fingerprint density at radius 1 is 1.23 bits per heavy atom. The Balaban J connectivity index is 2.67. The van der Waals surface area contributed by atoms with Gasteiger partial charge in [0.2, 0.25) is 5.91 Å². The van der Waals surface area contributed by atoms with Crippen molar-refractivity contribution in [1.29, 1.82) is 0 Å². The quantitative estimate of drug-likeness (QED) is 0.209. The molecule has 0 spiro atoms. The number of hydrogen-bond acceptors (Lipinski definition) is 5. The minimum Gasteiger partial charge on any atom is -0.356 e. The Hall–Kier alpha value is -2.29. The molecular weight excluding hydrogens is 354 g/mol. The van der Waals surface area contributed by atoms with Crippen LogP contribution in [-0.4, -0.2) is 47.4 Å². The predicted molar refractivity (Wildman–Crippen MR) is 107 cm³/mol. The summed E-state index contributed by atoms with van der Waals surface area (Å²) >= 11 is 1.71. The van der Waals surface area contributed by atoms with E-state index >= 15 is 0 Å². The smallest absolute Gasteiger partial charge is 0.269 e. The molecule has 0 aliphatic heterocycles. The average Bonchev–Trinajstić information content (AvgIpc) is 2.55. The van der Waals surface area contributed by atoms with Crippen LogP contribution in [-0.2, 0) is 11.3 Å². The summed E-state index contributed by atoms with van der Waals surface area (Å²) in [5.41, 5.74) is 0.606. The van der Waals surface area contributed by atoms with Crippen molar-refractivity contribution in [2.45, 2.75) is 32.9 Å². The number of nitrogens with zero attached hydrogens (tertiary/aromatic N) is 2. The maximum atomic E-state index is 11.9. The molecule has 0 aliphatic rings. The third-order valence-electron chi connectivity index (χ3n) is 3.10. The number of carbonyl (C=O) groups excluding carboxylic acids is 1. The number of hydrogen-bond donors (Lipinski definition) is 3. The second-order valence-corrected chi connectivity index (χ2v) is 7.65. The summed E-state index contributed by atoms with van der Waals surface area (Å²) in [6, 6.07) is 6.26. The molecule has 0 unspecified atom stereocenters. The van der Waals surface area contributed by atoms with Crippen molar-refractivity contribution < 1.29 is 9.72 Å². The highest BCUT2D eigenvalue weighted by Crippen LogP contribution is 2.12. The number of aliphatic imine (C=N–C) groups is 1. The van der Waals surface area contributed by atoms with Crippen molar-refractivity contribution in [2.24, 2.45) is 4.99 Å². The van der Waals surface area contributed by atoms with Crippen molar-refractivity contribution in [3.63, 3.8) is 0 Å². The van der Waals surface area contributed by atoms with Crippen LogP contribution in [0.5, 0.6) is 0 Å². The molecule has 0 heterocycles. The number of rotatable bonds is 8. The monoisotopic (exact) mass is 381 g/mol. The first kappa shape index (κ1) is 21.8. The largest absolute Gasteiger partial charge is 0.356 e. The Morgan fingerprint density at radius 2 is 1.88 bits per heavy atom. The van der Waals surface area contributed by atoms with E-state index in [1.54, 1.807) is 23.9 Å². The molecule has 0 atom stereocenters. The molecule has 1 amide bonds. The first-order valence-electron chi connectivity index (χ1n) is 8.27. The number of nitrogens with one attached hydrogen (secondary N) is 3. The highest BCUT2D eigenvalue weighted by molar-refractivity contribution is 7.98. The lowest BCUT2D eigenvalue weighted by Gasteiger charge is -2.21. The lowest BCUT2D eigenvalue weighted by molar-refractivity contribution is -0.384. The topological polar surface area (TPSA) is 109 Å². The maximum Gasteiger partial charge on any atom is 0.269 e. The average molecular weight is 382 g/mol. The number of non-ortho nitro benzene ring substituents is 1. The minimum atomic E-state index is -0.433. The van der Waals surface area contributed by atoms with Gasteiger partial charge in [-0.1, -0.05) is 12.1 Å². The molecule has 0 radical (unpaired) electrons. The van der Waals surface area contributed by atoms with E-state index in [9.17, 15) is 14.9 Å². The first-order chi connectivity index (χ1) is 12.2. The molecule has 0 saturated heterocycles. The van der Waals surface area contributed by atoms with Gasteiger partial charge in [-0.3, -0.25) is 14.9 Å². The van der Waals surface area contributed by atoms with Gasteiger partial charge in [0.1, 0.15) is 0 Å². The molecule has 144 valence electrons. The van der Waals surface area contributed by atoms with Gasteiger partial charge in [0.25, 0.3) is 5.69 Å². The van der Waals surface area contributed by atoms with Crippen molar-refractivity contribution >= 4 is 29.3 Å². The fourth-order valence-electron chi connectivity index (χ4n) is 1.97. The number of carbonyl (C=O) groups is 1. The SMILES string of the molecule is CSCCNC(=NCc1ccc([N+](=O)[O-])cc1)NCC(=O)NC(C)(C)C. The Bertz CT molecular complexity index is 626. The molecular formula is C17H27N5O3S. The van der Waals surface area contributed by atoms with Gasteiger partial charge >= 0.3 is 0 Å². The number of amides is 1. The normalized spacial score (nSPS) is 11.8. The van der Waals surface area contributed by atoms with E-state index < -0.39 is 4.92 Å². The Morgan fingerprint density at radius 3 is 2.42 bits per heavy atom. The van der Waals surface area contributed by atoms with Crippen LogP contribution in [0.3, 0.4) is 0 Å². The van der Waals surface area contributed by atoms with E-state index in [1.165, 1.54) is 12.1 Å². The second-order valence-electron chi connectivity index (χ2n) is 6.66. The number of nitro groups is 1. The lowest BCUT2D eigenvalue weighted by atomic mass is 10.1. The summed E-state index contributed by atoms with van der Waals surface area (Å²) in [5, 5.41) is 19.8. The van der Waals surface area contributed by atoms with Crippen molar-refractivity contribution in [3.8, 4) is 0 Å². The van der Waals surface area contributed by atoms with Crippen molar-refractivity contribution in [2.75, 3.05) is 25.1 Å². The van der Waals surface area contributed by atoms with Crippen molar-refractivity contribution in [3.05, 3.63) is 39.9 Å². The second kappa shape index (κ2) is 10.6. The summed E-state index contributed by atoms with van der Waals surface area (Å²) in [6.07, 6.45) is 2.01. The third-order valence-corrected chi connectivity index (χ3v) is 3.71. The number of thioether (sulfide) groups is 1. The first-order valence-corrected chi connectivity index (χ1v) is 9.66. The molecule has 0 bridgehead atoms. The molecule has 1 rings (SSSR count). The fraction of sp³-hybridized carbons (Fsp3) is 0.529. The van der Waals surface area contributed by atoms with Crippen LogP contribution in [0.1, 0.15) is 26.3 Å². The van der Waals surface area contributed by atoms with Crippen LogP contribution in [0.25, 0.3) is 0 Å². The predicted octanol–water partition coefficient (Wildman–Crippen LogP) is 1.91. The van der Waals surface area contributed by atoms with E-state index in [-0.39, 0.29) is 23.7 Å². The molecule has 1 aromatic rings. The zero-order chi connectivity index (χ0) is 19.6. The van der Waals surface area contributed by atoms with Crippen molar-refractivity contribution in [1.82, 2.24) is 16.0 Å². The van der Waals surface area contributed by atoms with Crippen LogP contribution < -0.4 is 16.0 Å². The molecule has 3 N–H and O–H groups in total. The molecule has 0 saturated carbocycles. The third kappa shape index (κ3) is 9.26. The molecule has 0 fully saturated rings. The van der Waals surface area contributed by atoms with E-state index in [0.29, 0.717) is 19.0 Å². The molecule has 0 aromatic heterocycles. The van der Waals surface area contributed by atoms with E-state index in [2.05, 4.69) is 20.9 Å². The van der Waals surface area contributed by atoms with Crippen LogP contribution in [0.2, 0.25) is 0 Å². The van der Waals surface area contributed by atoms with Gasteiger partial charge in [0.15, 0.2) is 5.96 Å². The molecule has 26 heavy (non-hydrogen) atoms. The Kier molecular flexibility index (Phi) is 8.91. The number of benzene rings is 1. The molecule has 9 heteroatoms. The number of nitro benzene ring substituents is 1. The van der Waals surface area contributed by atoms with Gasteiger partial charge in [-0.2, -0.15) is 11.8 Å². The molecule has 0 aliphatic carbocycles. The van der Waals surface area contributed by atoms with E-state index in [4.69, 9.17) is 0 Å². The van der Waals surface area contributed by atoms with Crippen LogP contribution in [0, 0.1) is 10.1 Å². The summed E-state index contributed by atoms with van der Waals surface area (Å²) < 4.78 is 0. The fourth-order valence-corrected chi connectivity index (χ4v) is 2.27. The standard InChI is InChI=1S/C17H27N5O3S/c1-17(2,3)21-15(23)12-20-16(18-9-10-26-4)19-11-13-5-7-14(8-6-13)22(24)25/h5-8H,9-12H2,1-4H3,(H,21,23)(H2,18,19,20). The van der Waals surface area contributed by atoms with Gasteiger partial charge in [0.05, 0.1) is 18.0 Å². The van der Waals surface area contributed by atoms with Crippen LogP contribution >= 0.6 is 11.8 Å². The van der Waals surface area contributed by atoms with Gasteiger partial charge < -0.3 is 16.0 Å². The Labute approximate surface area is 158 Å². The van der Waals surface area contributed by atoms with E-state index in [1.807, 2.05) is 27.0 Å². The van der Waals surface area contributed by atoms with Crippen LogP contribution in [0.4, 0.5) is 5.69 Å². The number of guanidine groups is 1.